The molecule has 0 aromatic carbocycles. The van der Waals surface area contributed by atoms with Gasteiger partial charge in [-0.3, -0.25) is 0 Å². The van der Waals surface area contributed by atoms with Gasteiger partial charge >= 0.3 is 0 Å². The summed E-state index contributed by atoms with van der Waals surface area (Å²) in [5, 5.41) is 0. The fourth-order valence-electron chi connectivity index (χ4n) is 6.14. The molecule has 44 heavy (non-hydrogen) atoms. The zero-order valence-corrected chi connectivity index (χ0v) is 33.4. The van der Waals surface area contributed by atoms with Crippen molar-refractivity contribution in [1.29, 1.82) is 0 Å². The maximum absolute atomic E-state index is 4.84. The average molecular weight is 801 g/mol. The molecule has 0 saturated carbocycles. The van der Waals surface area contributed by atoms with E-state index in [1.165, 1.54) is 178 Å². The van der Waals surface area contributed by atoms with Gasteiger partial charge in [0.25, 0.3) is 0 Å². The van der Waals surface area contributed by atoms with Gasteiger partial charge in [-0.15, -0.1) is 33.6 Å². The molecule has 0 fully saturated rings. The summed E-state index contributed by atoms with van der Waals surface area (Å²) in [6.45, 7) is 4.59. The van der Waals surface area contributed by atoms with Crippen LogP contribution in [0.2, 0.25) is 0 Å². The number of aromatic nitrogens is 2. The molecule has 0 atom stereocenters. The van der Waals surface area contributed by atoms with E-state index >= 15 is 0 Å². The molecular formula is C36H52Br2N2S4. The van der Waals surface area contributed by atoms with E-state index in [0.29, 0.717) is 0 Å². The van der Waals surface area contributed by atoms with Gasteiger partial charge in [0, 0.05) is 0 Å². The third kappa shape index (κ3) is 11.5. The van der Waals surface area contributed by atoms with E-state index in [1.54, 1.807) is 0 Å². The van der Waals surface area contributed by atoms with Crippen molar-refractivity contribution in [2.45, 2.75) is 155 Å². The minimum Gasteiger partial charge on any atom is -0.171 e. The molecule has 0 bridgehead atoms. The van der Waals surface area contributed by atoms with Crippen molar-refractivity contribution >= 4 is 86.9 Å². The molecule has 0 aliphatic carbocycles. The van der Waals surface area contributed by atoms with E-state index in [1.807, 2.05) is 33.6 Å². The summed E-state index contributed by atoms with van der Waals surface area (Å²) in [4.78, 5) is 5.43. The fraction of sp³-hybridized carbons (Fsp3) is 0.667. The monoisotopic (exact) mass is 798 g/mol. The number of unbranched alkanes of at least 4 members (excludes halogenated alkanes) is 18. The van der Waals surface area contributed by atoms with Crippen LogP contribution in [-0.4, -0.2) is 18.5 Å². The molecule has 3 aromatic heterocycles. The predicted molar refractivity (Wildman–Crippen MR) is 209 cm³/mol. The quantitative estimate of drug-likeness (QED) is 0.0521. The van der Waals surface area contributed by atoms with Crippen LogP contribution in [0.25, 0.3) is 0 Å². The van der Waals surface area contributed by atoms with E-state index in [0.717, 1.165) is 24.2 Å². The van der Waals surface area contributed by atoms with Crippen molar-refractivity contribution in [3.05, 3.63) is 52.0 Å². The normalized spacial score (nSPS) is 12.8. The number of aryl methyl sites for hydroxylation is 2. The van der Waals surface area contributed by atoms with E-state index < -0.39 is 0 Å². The SMILES string of the molecule is CCCCCCCCCCCCc1cc(Br)sc1C1=S=C(c2sc(Br)cc2CCCCCCCCCCCC)c2nsnc21. The first-order valence-corrected chi connectivity index (χ1v) is 22.2. The second-order valence-corrected chi connectivity index (χ2v) is 18.8. The van der Waals surface area contributed by atoms with Crippen LogP contribution in [0.15, 0.2) is 19.7 Å². The second-order valence-electron chi connectivity index (χ2n) is 12.4. The Morgan fingerprint density at radius 3 is 1.20 bits per heavy atom. The Morgan fingerprint density at radius 1 is 0.500 bits per heavy atom. The van der Waals surface area contributed by atoms with Gasteiger partial charge < -0.3 is 0 Å². The maximum Gasteiger partial charge on any atom is 0.124 e. The average Bonchev–Trinajstić information content (AvgIpc) is 3.79. The number of hydrogen-bond acceptors (Lipinski definition) is 5. The Balaban J connectivity index is 1.34. The summed E-state index contributed by atoms with van der Waals surface area (Å²) in [6.07, 6.45) is 29.8. The van der Waals surface area contributed by atoms with Crippen molar-refractivity contribution in [2.75, 3.05) is 0 Å². The fourth-order valence-corrected chi connectivity index (χ4v) is 11.7. The van der Waals surface area contributed by atoms with Crippen LogP contribution in [0.5, 0.6) is 0 Å². The van der Waals surface area contributed by atoms with E-state index in [9.17, 15) is 0 Å². The highest BCUT2D eigenvalue weighted by molar-refractivity contribution is 9.11. The highest BCUT2D eigenvalue weighted by Gasteiger charge is 2.29. The number of nitrogens with zero attached hydrogens (tertiary/aromatic N) is 2. The van der Waals surface area contributed by atoms with Gasteiger partial charge in [-0.05, 0) is 80.8 Å². The minimum absolute atomic E-state index is 1.10. The highest BCUT2D eigenvalue weighted by Crippen LogP contribution is 2.38. The van der Waals surface area contributed by atoms with Gasteiger partial charge in [-0.1, -0.05) is 129 Å². The number of halogens is 2. The van der Waals surface area contributed by atoms with Crippen molar-refractivity contribution in [2.24, 2.45) is 0 Å². The van der Waals surface area contributed by atoms with Gasteiger partial charge in [0.2, 0.25) is 0 Å². The molecule has 244 valence electrons. The van der Waals surface area contributed by atoms with Gasteiger partial charge in [-0.2, -0.15) is 8.75 Å². The van der Waals surface area contributed by atoms with Gasteiger partial charge in [0.05, 0.1) is 38.8 Å². The van der Waals surface area contributed by atoms with Crippen LogP contribution >= 0.6 is 77.2 Å². The van der Waals surface area contributed by atoms with Crippen LogP contribution in [0.3, 0.4) is 0 Å². The predicted octanol–water partition coefficient (Wildman–Crippen LogP) is 14.0. The Labute approximate surface area is 300 Å². The number of fused-ring (bicyclic) bond motifs is 1. The lowest BCUT2D eigenvalue weighted by Crippen LogP contribution is -2.04. The standard InChI is InChI=1S/C36H52Br2N2S4/c1-3-5-7-9-11-13-15-17-19-21-23-27-25-29(37)41-33(27)35-31-32(40-44-39-31)36(43-35)34-28(26-30(38)42-34)24-22-20-18-16-14-12-10-8-6-4-2/h25-26H,3-24H2,1-2H3. The van der Waals surface area contributed by atoms with Crippen molar-refractivity contribution < 1.29 is 0 Å². The summed E-state index contributed by atoms with van der Waals surface area (Å²) in [7, 11) is 1.92. The van der Waals surface area contributed by atoms with E-state index in [-0.39, 0.29) is 0 Å². The number of hydrogen-bond donors (Lipinski definition) is 0. The Hall–Kier alpha value is -0.120. The first-order valence-electron chi connectivity index (χ1n) is 17.4. The van der Waals surface area contributed by atoms with Gasteiger partial charge in [0.15, 0.2) is 0 Å². The molecule has 0 unspecified atom stereocenters. The minimum atomic E-state index is 1.10. The molecule has 1 aliphatic rings. The molecule has 0 spiro atoms. The number of rotatable bonds is 24. The summed E-state index contributed by atoms with van der Waals surface area (Å²) in [5.41, 5.74) is 5.15. The lowest BCUT2D eigenvalue weighted by atomic mass is 10.0. The topological polar surface area (TPSA) is 25.8 Å². The molecule has 0 N–H and O–H groups in total. The third-order valence-electron chi connectivity index (χ3n) is 8.69. The van der Waals surface area contributed by atoms with Crippen molar-refractivity contribution in [3.63, 3.8) is 0 Å². The van der Waals surface area contributed by atoms with Crippen LogP contribution in [-0.2, 0) is 12.8 Å². The van der Waals surface area contributed by atoms with E-state index in [4.69, 9.17) is 8.75 Å². The molecule has 0 radical (unpaired) electrons. The van der Waals surface area contributed by atoms with Gasteiger partial charge in [-0.25, -0.2) is 0 Å². The van der Waals surface area contributed by atoms with Crippen LogP contribution in [0.1, 0.15) is 175 Å². The van der Waals surface area contributed by atoms with Crippen LogP contribution in [0, 0.1) is 0 Å². The summed E-state index contributed by atoms with van der Waals surface area (Å²) >= 11 is 12.8. The molecule has 8 heteroatoms. The molecule has 0 saturated heterocycles. The second kappa shape index (κ2) is 21.0. The van der Waals surface area contributed by atoms with Crippen LogP contribution < -0.4 is 0 Å². The Bertz CT molecular complexity index is 1240. The molecule has 0 amide bonds. The molecule has 1 aliphatic heterocycles. The first-order chi connectivity index (χ1) is 21.6. The molecule has 2 nitrogen and oxygen atoms in total. The zero-order valence-electron chi connectivity index (χ0n) is 27.0. The largest absolute Gasteiger partial charge is 0.171 e. The molecule has 4 rings (SSSR count). The number of thiophene rings is 2. The zero-order chi connectivity index (χ0) is 31.0. The first kappa shape index (κ1) is 36.7. The Morgan fingerprint density at radius 2 is 0.841 bits per heavy atom. The lowest BCUT2D eigenvalue weighted by Gasteiger charge is -2.05. The smallest absolute Gasteiger partial charge is 0.124 e. The van der Waals surface area contributed by atoms with Crippen molar-refractivity contribution in [3.8, 4) is 0 Å². The highest BCUT2D eigenvalue weighted by atomic mass is 79.9. The lowest BCUT2D eigenvalue weighted by molar-refractivity contribution is 0.556. The van der Waals surface area contributed by atoms with E-state index in [2.05, 4.69) is 57.8 Å². The molecule has 4 heterocycles. The van der Waals surface area contributed by atoms with Gasteiger partial charge in [0.1, 0.15) is 11.4 Å². The summed E-state index contributed by atoms with van der Waals surface area (Å²) in [6, 6.07) is 4.72. The summed E-state index contributed by atoms with van der Waals surface area (Å²) in [5.74, 6) is 0. The molecule has 3 aromatic rings. The van der Waals surface area contributed by atoms with Crippen molar-refractivity contribution in [1.82, 2.24) is 8.75 Å². The summed E-state index contributed by atoms with van der Waals surface area (Å²) < 4.78 is 12.1. The molecular weight excluding hydrogens is 748 g/mol. The maximum atomic E-state index is 4.84. The Kier molecular flexibility index (Phi) is 17.5. The van der Waals surface area contributed by atoms with Crippen LogP contribution in [0.4, 0.5) is 0 Å². The third-order valence-corrected chi connectivity index (χ3v) is 14.1.